The minimum atomic E-state index is 0.0743. The lowest BCUT2D eigenvalue weighted by atomic mass is 10.4. The largest absolute Gasteiger partial charge is 0.328 e. The summed E-state index contributed by atoms with van der Waals surface area (Å²) in [6.07, 6.45) is 0. The Labute approximate surface area is 78.2 Å². The van der Waals surface area contributed by atoms with E-state index in [0.29, 0.717) is 0 Å². The highest BCUT2D eigenvalue weighted by Crippen LogP contribution is 2.02. The molecule has 0 amide bonds. The van der Waals surface area contributed by atoms with Crippen molar-refractivity contribution in [1.82, 2.24) is 14.5 Å². The van der Waals surface area contributed by atoms with E-state index in [9.17, 15) is 4.79 Å². The second-order valence-corrected chi connectivity index (χ2v) is 3.27. The zero-order chi connectivity index (χ0) is 10.0. The second kappa shape index (κ2) is 3.79. The van der Waals surface area contributed by atoms with Crippen molar-refractivity contribution in [2.45, 2.75) is 20.4 Å². The molecule has 0 atom stereocenters. The summed E-state index contributed by atoms with van der Waals surface area (Å²) in [5.41, 5.74) is 2.18. The first-order valence-electron chi connectivity index (χ1n) is 4.47. The van der Waals surface area contributed by atoms with Crippen molar-refractivity contribution in [2.24, 2.45) is 7.05 Å². The number of likely N-dealkylation sites (N-methyl/N-ethyl adjacent to an activating group) is 1. The summed E-state index contributed by atoms with van der Waals surface area (Å²) < 4.78 is 3.48. The van der Waals surface area contributed by atoms with Gasteiger partial charge in [-0.15, -0.1) is 0 Å². The molecule has 0 saturated heterocycles. The average Bonchev–Trinajstić information content (AvgIpc) is 2.30. The third kappa shape index (κ3) is 1.67. The Hall–Kier alpha value is -1.03. The van der Waals surface area contributed by atoms with Crippen LogP contribution in [0, 0.1) is 13.8 Å². The zero-order valence-corrected chi connectivity index (χ0v) is 8.72. The molecule has 0 spiro atoms. The summed E-state index contributed by atoms with van der Waals surface area (Å²) in [5, 5.41) is 3.03. The number of rotatable bonds is 3. The van der Waals surface area contributed by atoms with Gasteiger partial charge in [-0.25, -0.2) is 4.79 Å². The molecule has 0 aliphatic heterocycles. The van der Waals surface area contributed by atoms with Gasteiger partial charge in [-0.2, -0.15) is 0 Å². The second-order valence-electron chi connectivity index (χ2n) is 3.27. The highest BCUT2D eigenvalue weighted by atomic mass is 16.1. The van der Waals surface area contributed by atoms with E-state index in [4.69, 9.17) is 0 Å². The number of nitrogens with one attached hydrogen (secondary N) is 1. The Kier molecular flexibility index (Phi) is 2.93. The molecule has 13 heavy (non-hydrogen) atoms. The van der Waals surface area contributed by atoms with Crippen LogP contribution in [-0.4, -0.2) is 22.7 Å². The molecule has 1 N–H and O–H groups in total. The lowest BCUT2D eigenvalue weighted by Gasteiger charge is -2.02. The maximum absolute atomic E-state index is 11.6. The first kappa shape index (κ1) is 10.1. The van der Waals surface area contributed by atoms with E-state index in [2.05, 4.69) is 5.32 Å². The third-order valence-electron chi connectivity index (χ3n) is 2.53. The van der Waals surface area contributed by atoms with Crippen LogP contribution in [0.2, 0.25) is 0 Å². The van der Waals surface area contributed by atoms with E-state index >= 15 is 0 Å². The fraction of sp³-hybridized carbons (Fsp3) is 0.667. The van der Waals surface area contributed by atoms with Crippen molar-refractivity contribution in [3.05, 3.63) is 21.9 Å². The maximum atomic E-state index is 11.6. The lowest BCUT2D eigenvalue weighted by Crippen LogP contribution is -2.27. The Bertz CT molecular complexity index is 348. The van der Waals surface area contributed by atoms with Gasteiger partial charge in [0.15, 0.2) is 0 Å². The van der Waals surface area contributed by atoms with Crippen LogP contribution in [0.5, 0.6) is 0 Å². The Morgan fingerprint density at radius 2 is 1.92 bits per heavy atom. The molecule has 4 heteroatoms. The van der Waals surface area contributed by atoms with Gasteiger partial charge >= 0.3 is 5.69 Å². The summed E-state index contributed by atoms with van der Waals surface area (Å²) in [4.78, 5) is 11.6. The number of imidazole rings is 1. The summed E-state index contributed by atoms with van der Waals surface area (Å²) in [6, 6.07) is 0. The van der Waals surface area contributed by atoms with Crippen LogP contribution in [0.3, 0.4) is 0 Å². The molecule has 0 radical (unpaired) electrons. The molecule has 1 heterocycles. The van der Waals surface area contributed by atoms with Crippen LogP contribution in [0.4, 0.5) is 0 Å². The molecule has 0 aliphatic carbocycles. The van der Waals surface area contributed by atoms with Gasteiger partial charge in [0.2, 0.25) is 0 Å². The predicted octanol–water partition coefficient (Wildman–Crippen LogP) is 0.0230. The summed E-state index contributed by atoms with van der Waals surface area (Å²) in [5.74, 6) is 0. The van der Waals surface area contributed by atoms with Crippen molar-refractivity contribution in [3.8, 4) is 0 Å². The minimum Gasteiger partial charge on any atom is -0.318 e. The fourth-order valence-electron chi connectivity index (χ4n) is 1.39. The van der Waals surface area contributed by atoms with Crippen LogP contribution < -0.4 is 11.0 Å². The maximum Gasteiger partial charge on any atom is 0.328 e. The van der Waals surface area contributed by atoms with Gasteiger partial charge in [-0.1, -0.05) is 0 Å². The molecule has 4 nitrogen and oxygen atoms in total. The standard InChI is InChI=1S/C9H17N3O/c1-7-8(2)12(6-5-10-3)9(13)11(7)4/h10H,5-6H2,1-4H3. The normalized spacial score (nSPS) is 10.8. The van der Waals surface area contributed by atoms with Crippen molar-refractivity contribution in [3.63, 3.8) is 0 Å². The molecule has 0 aliphatic rings. The van der Waals surface area contributed by atoms with Gasteiger partial charge in [-0.05, 0) is 20.9 Å². The number of hydrogen-bond donors (Lipinski definition) is 1. The van der Waals surface area contributed by atoms with Gasteiger partial charge in [0.1, 0.15) is 0 Å². The minimum absolute atomic E-state index is 0.0743. The van der Waals surface area contributed by atoms with Gasteiger partial charge in [-0.3, -0.25) is 9.13 Å². The van der Waals surface area contributed by atoms with Crippen LogP contribution in [0.1, 0.15) is 11.4 Å². The molecule has 1 aromatic heterocycles. The van der Waals surface area contributed by atoms with E-state index in [-0.39, 0.29) is 5.69 Å². The molecule has 74 valence electrons. The summed E-state index contributed by atoms with van der Waals surface area (Å²) in [6.45, 7) is 5.51. The Morgan fingerprint density at radius 3 is 2.31 bits per heavy atom. The van der Waals surface area contributed by atoms with E-state index in [1.54, 1.807) is 16.2 Å². The highest BCUT2D eigenvalue weighted by Gasteiger charge is 2.08. The average molecular weight is 183 g/mol. The molecule has 0 aromatic carbocycles. The third-order valence-corrected chi connectivity index (χ3v) is 2.53. The molecular formula is C9H17N3O. The van der Waals surface area contributed by atoms with Crippen molar-refractivity contribution < 1.29 is 0 Å². The topological polar surface area (TPSA) is 39.0 Å². The number of nitrogens with zero attached hydrogens (tertiary/aromatic N) is 2. The zero-order valence-electron chi connectivity index (χ0n) is 8.72. The first-order valence-corrected chi connectivity index (χ1v) is 4.47. The molecular weight excluding hydrogens is 166 g/mol. The van der Waals surface area contributed by atoms with Gasteiger partial charge in [0, 0.05) is 31.5 Å². The SMILES string of the molecule is CNCCn1c(C)c(C)n(C)c1=O. The van der Waals surface area contributed by atoms with Crippen LogP contribution in [0.25, 0.3) is 0 Å². The molecule has 0 saturated carbocycles. The van der Waals surface area contributed by atoms with E-state index in [0.717, 1.165) is 24.5 Å². The molecule has 0 unspecified atom stereocenters. The van der Waals surface area contributed by atoms with Gasteiger partial charge < -0.3 is 5.32 Å². The van der Waals surface area contributed by atoms with Crippen LogP contribution in [0.15, 0.2) is 4.79 Å². The number of hydrogen-bond acceptors (Lipinski definition) is 2. The number of aromatic nitrogens is 2. The van der Waals surface area contributed by atoms with Gasteiger partial charge in [0.25, 0.3) is 0 Å². The van der Waals surface area contributed by atoms with Crippen molar-refractivity contribution in [1.29, 1.82) is 0 Å². The highest BCUT2D eigenvalue weighted by molar-refractivity contribution is 5.10. The molecule has 0 bridgehead atoms. The smallest absolute Gasteiger partial charge is 0.318 e. The monoisotopic (exact) mass is 183 g/mol. The quantitative estimate of drug-likeness (QED) is 0.717. The Balaban J connectivity index is 3.07. The summed E-state index contributed by atoms with van der Waals surface area (Å²) >= 11 is 0. The van der Waals surface area contributed by atoms with Crippen molar-refractivity contribution in [2.75, 3.05) is 13.6 Å². The molecule has 0 fully saturated rings. The van der Waals surface area contributed by atoms with E-state index < -0.39 is 0 Å². The van der Waals surface area contributed by atoms with Gasteiger partial charge in [0.05, 0.1) is 0 Å². The van der Waals surface area contributed by atoms with E-state index in [1.807, 2.05) is 20.9 Å². The fourth-order valence-corrected chi connectivity index (χ4v) is 1.39. The van der Waals surface area contributed by atoms with Crippen molar-refractivity contribution >= 4 is 0 Å². The van der Waals surface area contributed by atoms with Crippen LogP contribution >= 0.6 is 0 Å². The van der Waals surface area contributed by atoms with E-state index in [1.165, 1.54) is 0 Å². The molecule has 1 aromatic rings. The van der Waals surface area contributed by atoms with Crippen LogP contribution in [-0.2, 0) is 13.6 Å². The predicted molar refractivity (Wildman–Crippen MR) is 53.1 cm³/mol. The molecule has 1 rings (SSSR count). The summed E-state index contributed by atoms with van der Waals surface area (Å²) in [7, 11) is 3.69. The first-order chi connectivity index (χ1) is 6.09. The lowest BCUT2D eigenvalue weighted by molar-refractivity contribution is 0.604. The Morgan fingerprint density at radius 1 is 1.31 bits per heavy atom.